The first-order valence-electron chi connectivity index (χ1n) is 8.04. The molecular formula is C22H24O2Zr. The number of rotatable bonds is 2. The SMILES string of the molecule is C1=C[CH]([Zr+2][CH]2C=Cc3ccccc32)c2ccccc21.C=C.C[O-].C[O-]. The Morgan fingerprint density at radius 2 is 1.04 bits per heavy atom. The number of hydrogen-bond acceptors (Lipinski definition) is 2. The van der Waals surface area contributed by atoms with Crippen molar-refractivity contribution < 1.29 is 33.4 Å². The minimum Gasteiger partial charge on any atom is -0.857 e. The van der Waals surface area contributed by atoms with E-state index in [-0.39, 0.29) is 0 Å². The summed E-state index contributed by atoms with van der Waals surface area (Å²) >= 11 is -0.542. The molecule has 128 valence electrons. The van der Waals surface area contributed by atoms with E-state index in [9.17, 15) is 0 Å². The van der Waals surface area contributed by atoms with Gasteiger partial charge in [0.05, 0.1) is 0 Å². The molecule has 0 bridgehead atoms. The zero-order chi connectivity index (χ0) is 18.7. The third kappa shape index (κ3) is 5.22. The predicted molar refractivity (Wildman–Crippen MR) is 99.5 cm³/mol. The van der Waals surface area contributed by atoms with Gasteiger partial charge in [-0.05, 0) is 0 Å². The molecule has 0 spiro atoms. The van der Waals surface area contributed by atoms with Crippen LogP contribution < -0.4 is 10.2 Å². The third-order valence-corrected chi connectivity index (χ3v) is 8.20. The maximum absolute atomic E-state index is 8.25. The van der Waals surface area contributed by atoms with Crippen molar-refractivity contribution in [3.63, 3.8) is 0 Å². The quantitative estimate of drug-likeness (QED) is 0.712. The van der Waals surface area contributed by atoms with Gasteiger partial charge in [-0.15, -0.1) is 13.2 Å². The smallest absolute Gasteiger partial charge is 0.106 e. The van der Waals surface area contributed by atoms with Gasteiger partial charge >= 0.3 is 126 Å². The van der Waals surface area contributed by atoms with Crippen LogP contribution in [0.2, 0.25) is 0 Å². The Morgan fingerprint density at radius 3 is 1.44 bits per heavy atom. The van der Waals surface area contributed by atoms with Crippen molar-refractivity contribution >= 4 is 12.2 Å². The molecule has 2 aliphatic carbocycles. The number of fused-ring (bicyclic) bond motifs is 2. The molecule has 4 rings (SSSR count). The summed E-state index contributed by atoms with van der Waals surface area (Å²) in [6.45, 7) is 6.00. The van der Waals surface area contributed by atoms with Crippen LogP contribution in [0.4, 0.5) is 0 Å². The minimum atomic E-state index is -0.542. The van der Waals surface area contributed by atoms with Crippen LogP contribution >= 0.6 is 0 Å². The summed E-state index contributed by atoms with van der Waals surface area (Å²) < 4.78 is 1.47. The molecule has 0 heterocycles. The van der Waals surface area contributed by atoms with E-state index in [1.165, 1.54) is 11.1 Å². The van der Waals surface area contributed by atoms with Gasteiger partial charge in [0, 0.05) is 0 Å². The van der Waals surface area contributed by atoms with Crippen LogP contribution in [-0.4, -0.2) is 14.2 Å². The van der Waals surface area contributed by atoms with Crippen molar-refractivity contribution in [2.24, 2.45) is 0 Å². The van der Waals surface area contributed by atoms with Crippen molar-refractivity contribution in [1.29, 1.82) is 0 Å². The van der Waals surface area contributed by atoms with Gasteiger partial charge in [0.15, 0.2) is 0 Å². The van der Waals surface area contributed by atoms with Gasteiger partial charge < -0.3 is 10.2 Å². The first-order valence-corrected chi connectivity index (χ1v) is 10.9. The molecule has 0 fully saturated rings. The predicted octanol–water partition coefficient (Wildman–Crippen LogP) is 3.36. The Hall–Kier alpha value is -1.54. The molecule has 0 saturated heterocycles. The molecule has 0 aromatic heterocycles. The normalized spacial score (nSPS) is 17.4. The van der Waals surface area contributed by atoms with E-state index in [0.717, 1.165) is 21.5 Å². The van der Waals surface area contributed by atoms with Gasteiger partial charge in [-0.1, -0.05) is 0 Å². The molecule has 2 aromatic carbocycles. The summed E-state index contributed by atoms with van der Waals surface area (Å²) in [5, 5.41) is 16.5. The Labute approximate surface area is 162 Å². The topological polar surface area (TPSA) is 46.1 Å². The van der Waals surface area contributed by atoms with Gasteiger partial charge in [-0.3, -0.25) is 0 Å². The standard InChI is InChI=1S/2C9H7.C2H4.2CH3O.Zr/c2*1-2-5-9-7-3-6-8(9)4-1;3*1-2;/h2*1-7H;1-2H2;2*1H3;/q;;;2*-1;+2. The molecule has 2 nitrogen and oxygen atoms in total. The van der Waals surface area contributed by atoms with Gasteiger partial charge in [0.2, 0.25) is 0 Å². The average molecular weight is 412 g/mol. The van der Waals surface area contributed by atoms with Crippen LogP contribution in [0, 0.1) is 0 Å². The Balaban J connectivity index is 0.000000475. The largest absolute Gasteiger partial charge is 0.857 e. The van der Waals surface area contributed by atoms with E-state index >= 15 is 0 Å². The van der Waals surface area contributed by atoms with Crippen LogP contribution in [0.1, 0.15) is 29.5 Å². The van der Waals surface area contributed by atoms with Gasteiger partial charge in [-0.2, -0.15) is 14.2 Å². The molecule has 0 saturated carbocycles. The molecule has 0 aliphatic heterocycles. The van der Waals surface area contributed by atoms with Gasteiger partial charge in [0.1, 0.15) is 0 Å². The maximum atomic E-state index is 8.25. The van der Waals surface area contributed by atoms with Crippen LogP contribution in [0.5, 0.6) is 0 Å². The summed E-state index contributed by atoms with van der Waals surface area (Å²) in [6, 6.07) is 17.7. The molecule has 2 unspecified atom stereocenters. The van der Waals surface area contributed by atoms with E-state index in [1.54, 1.807) is 11.1 Å². The number of allylic oxidation sites excluding steroid dienone is 2. The molecule has 0 radical (unpaired) electrons. The minimum absolute atomic E-state index is 0.542. The second kappa shape index (κ2) is 11.9. The van der Waals surface area contributed by atoms with E-state index in [1.807, 2.05) is 0 Å². The molecule has 2 aromatic rings. The van der Waals surface area contributed by atoms with Crippen molar-refractivity contribution in [1.82, 2.24) is 0 Å². The molecule has 25 heavy (non-hydrogen) atoms. The number of benzene rings is 2. The van der Waals surface area contributed by atoms with Crippen LogP contribution in [0.3, 0.4) is 0 Å². The van der Waals surface area contributed by atoms with Crippen molar-refractivity contribution in [3.05, 3.63) is 96.1 Å². The first kappa shape index (κ1) is 21.5. The fourth-order valence-corrected chi connectivity index (χ4v) is 7.13. The average Bonchev–Trinajstić information content (AvgIpc) is 3.32. The van der Waals surface area contributed by atoms with Crippen LogP contribution in [0.25, 0.3) is 12.2 Å². The van der Waals surface area contributed by atoms with Crippen LogP contribution in [-0.2, 0) is 23.2 Å². The zero-order valence-electron chi connectivity index (χ0n) is 14.8. The van der Waals surface area contributed by atoms with E-state index in [2.05, 4.69) is 86.0 Å². The molecule has 2 aliphatic rings. The van der Waals surface area contributed by atoms with Crippen molar-refractivity contribution in [3.8, 4) is 0 Å². The Morgan fingerprint density at radius 1 is 0.680 bits per heavy atom. The monoisotopic (exact) mass is 410 g/mol. The number of hydrogen-bond donors (Lipinski definition) is 0. The third-order valence-electron chi connectivity index (χ3n) is 3.96. The summed E-state index contributed by atoms with van der Waals surface area (Å²) in [6.07, 6.45) is 9.49. The molecule has 3 heteroatoms. The molecule has 2 atom stereocenters. The Bertz CT molecular complexity index is 647. The van der Waals surface area contributed by atoms with Gasteiger partial charge in [0.25, 0.3) is 0 Å². The van der Waals surface area contributed by atoms with E-state index in [4.69, 9.17) is 10.2 Å². The van der Waals surface area contributed by atoms with Crippen molar-refractivity contribution in [2.75, 3.05) is 14.2 Å². The molecule has 0 amide bonds. The second-order valence-electron chi connectivity index (χ2n) is 5.10. The summed E-state index contributed by atoms with van der Waals surface area (Å²) in [5.41, 5.74) is 5.99. The molecular weight excluding hydrogens is 387 g/mol. The fraction of sp³-hybridized carbons (Fsp3) is 0.182. The second-order valence-corrected chi connectivity index (χ2v) is 8.98. The zero-order valence-corrected chi connectivity index (χ0v) is 17.3. The van der Waals surface area contributed by atoms with Gasteiger partial charge in [-0.25, -0.2) is 0 Å². The Kier molecular flexibility index (Phi) is 10.3. The van der Waals surface area contributed by atoms with E-state index in [0.29, 0.717) is 0 Å². The van der Waals surface area contributed by atoms with E-state index < -0.39 is 23.2 Å². The maximum Gasteiger partial charge on any atom is -0.106 e. The first-order chi connectivity index (χ1) is 12.4. The fourth-order valence-electron chi connectivity index (χ4n) is 2.98. The summed E-state index contributed by atoms with van der Waals surface area (Å²) in [7, 11) is 1.50. The summed E-state index contributed by atoms with van der Waals surface area (Å²) in [5.74, 6) is 0. The van der Waals surface area contributed by atoms with Crippen LogP contribution in [0.15, 0.2) is 73.8 Å². The molecule has 0 N–H and O–H groups in total. The summed E-state index contributed by atoms with van der Waals surface area (Å²) in [4.78, 5) is 0. The van der Waals surface area contributed by atoms with Crippen molar-refractivity contribution in [2.45, 2.75) is 7.25 Å².